The Kier molecular flexibility index (Phi) is 3.59. The van der Waals surface area contributed by atoms with Crippen LogP contribution in [0.1, 0.15) is 35.9 Å². The van der Waals surface area contributed by atoms with E-state index in [1.165, 1.54) is 0 Å². The second-order valence-electron chi connectivity index (χ2n) is 5.40. The van der Waals surface area contributed by atoms with Gasteiger partial charge in [-0.05, 0) is 38.3 Å². The molecule has 1 fully saturated rings. The van der Waals surface area contributed by atoms with Crippen LogP contribution in [0.2, 0.25) is 0 Å². The van der Waals surface area contributed by atoms with Crippen molar-refractivity contribution in [3.05, 3.63) is 47.3 Å². The quantitative estimate of drug-likeness (QED) is 0.874. The van der Waals surface area contributed by atoms with Gasteiger partial charge >= 0.3 is 0 Å². The molecular formula is C15H18N2O3S. The van der Waals surface area contributed by atoms with Crippen molar-refractivity contribution in [3.63, 3.8) is 0 Å². The minimum Gasteiger partial charge on any atom is -0.361 e. The molecule has 0 aliphatic carbocycles. The first-order chi connectivity index (χ1) is 10.00. The summed E-state index contributed by atoms with van der Waals surface area (Å²) in [4.78, 5) is 0.372. The molecule has 1 saturated heterocycles. The third kappa shape index (κ3) is 2.49. The second kappa shape index (κ2) is 5.27. The Labute approximate surface area is 124 Å². The van der Waals surface area contributed by atoms with Crippen LogP contribution in [0.3, 0.4) is 0 Å². The van der Waals surface area contributed by atoms with Crippen LogP contribution < -0.4 is 0 Å². The number of aromatic nitrogens is 1. The van der Waals surface area contributed by atoms with E-state index in [1.807, 2.05) is 32.0 Å². The first-order valence-electron chi connectivity index (χ1n) is 7.01. The Balaban J connectivity index is 2.00. The van der Waals surface area contributed by atoms with Gasteiger partial charge in [0.15, 0.2) is 0 Å². The fourth-order valence-electron chi connectivity index (χ4n) is 2.84. The van der Waals surface area contributed by atoms with Crippen molar-refractivity contribution < 1.29 is 12.9 Å². The van der Waals surface area contributed by atoms with E-state index in [-0.39, 0.29) is 6.04 Å². The van der Waals surface area contributed by atoms with E-state index in [9.17, 15) is 8.42 Å². The second-order valence-corrected chi connectivity index (χ2v) is 7.26. The van der Waals surface area contributed by atoms with Gasteiger partial charge in [-0.25, -0.2) is 8.42 Å². The molecule has 2 heterocycles. The van der Waals surface area contributed by atoms with Gasteiger partial charge in [-0.2, -0.15) is 4.31 Å². The molecule has 3 rings (SSSR count). The average molecular weight is 306 g/mol. The SMILES string of the molecule is Cc1cc(C2CCCN2S(=O)(=O)c2ccccc2C)no1. The lowest BCUT2D eigenvalue weighted by Crippen LogP contribution is -2.31. The summed E-state index contributed by atoms with van der Waals surface area (Å²) in [7, 11) is -3.51. The van der Waals surface area contributed by atoms with Crippen molar-refractivity contribution in [1.29, 1.82) is 0 Å². The average Bonchev–Trinajstić information content (AvgIpc) is 3.07. The van der Waals surface area contributed by atoms with Gasteiger partial charge in [0.2, 0.25) is 10.0 Å². The van der Waals surface area contributed by atoms with Gasteiger partial charge in [-0.15, -0.1) is 0 Å². The van der Waals surface area contributed by atoms with Crippen LogP contribution in [0.25, 0.3) is 0 Å². The molecule has 0 radical (unpaired) electrons. The summed E-state index contributed by atoms with van der Waals surface area (Å²) in [6.07, 6.45) is 1.61. The first kappa shape index (κ1) is 14.3. The minimum absolute atomic E-state index is 0.230. The van der Waals surface area contributed by atoms with E-state index in [1.54, 1.807) is 16.4 Å². The summed E-state index contributed by atoms with van der Waals surface area (Å²) in [6.45, 7) is 4.15. The van der Waals surface area contributed by atoms with Gasteiger partial charge in [0.05, 0.1) is 10.9 Å². The van der Waals surface area contributed by atoms with Gasteiger partial charge in [0.25, 0.3) is 0 Å². The summed E-state index contributed by atoms with van der Waals surface area (Å²) in [5.74, 6) is 0.699. The molecule has 1 aliphatic rings. The highest BCUT2D eigenvalue weighted by atomic mass is 32.2. The fraction of sp³-hybridized carbons (Fsp3) is 0.400. The van der Waals surface area contributed by atoms with Crippen LogP contribution in [0.4, 0.5) is 0 Å². The summed E-state index contributed by atoms with van der Waals surface area (Å²) < 4.78 is 32.5. The Hall–Kier alpha value is -1.66. The zero-order chi connectivity index (χ0) is 15.0. The van der Waals surface area contributed by atoms with Gasteiger partial charge in [-0.3, -0.25) is 0 Å². The van der Waals surface area contributed by atoms with E-state index in [0.717, 1.165) is 18.4 Å². The van der Waals surface area contributed by atoms with E-state index in [4.69, 9.17) is 4.52 Å². The molecule has 0 saturated carbocycles. The number of benzene rings is 1. The molecule has 0 spiro atoms. The predicted molar refractivity (Wildman–Crippen MR) is 78.3 cm³/mol. The van der Waals surface area contributed by atoms with Crippen LogP contribution in [-0.2, 0) is 10.0 Å². The molecule has 6 heteroatoms. The molecule has 21 heavy (non-hydrogen) atoms. The minimum atomic E-state index is -3.51. The molecule has 0 amide bonds. The summed E-state index contributed by atoms with van der Waals surface area (Å²) in [6, 6.07) is 8.66. The molecule has 1 unspecified atom stereocenters. The molecule has 1 atom stereocenters. The zero-order valence-electron chi connectivity index (χ0n) is 12.1. The monoisotopic (exact) mass is 306 g/mol. The molecule has 2 aromatic rings. The molecule has 112 valence electrons. The first-order valence-corrected chi connectivity index (χ1v) is 8.45. The standard InChI is InChI=1S/C15H18N2O3S/c1-11-6-3-4-8-15(11)21(18,19)17-9-5-7-14(17)13-10-12(2)20-16-13/h3-4,6,8,10,14H,5,7,9H2,1-2H3. The molecule has 1 aromatic carbocycles. The van der Waals surface area contributed by atoms with Gasteiger partial charge in [-0.1, -0.05) is 23.4 Å². The number of sulfonamides is 1. The van der Waals surface area contributed by atoms with E-state index in [2.05, 4.69) is 5.16 Å². The van der Waals surface area contributed by atoms with E-state index >= 15 is 0 Å². The lowest BCUT2D eigenvalue weighted by molar-refractivity contribution is 0.349. The molecule has 0 bridgehead atoms. The van der Waals surface area contributed by atoms with Crippen molar-refractivity contribution in [1.82, 2.24) is 9.46 Å². The maximum absolute atomic E-state index is 12.9. The lowest BCUT2D eigenvalue weighted by atomic mass is 10.1. The van der Waals surface area contributed by atoms with Crippen molar-refractivity contribution >= 4 is 10.0 Å². The maximum Gasteiger partial charge on any atom is 0.243 e. The zero-order valence-corrected chi connectivity index (χ0v) is 12.9. The fourth-order valence-corrected chi connectivity index (χ4v) is 4.73. The molecule has 0 N–H and O–H groups in total. The Morgan fingerprint density at radius 3 is 2.71 bits per heavy atom. The Morgan fingerprint density at radius 2 is 2.05 bits per heavy atom. The highest BCUT2D eigenvalue weighted by Gasteiger charge is 2.38. The summed E-state index contributed by atoms with van der Waals surface area (Å²) >= 11 is 0. The topological polar surface area (TPSA) is 63.4 Å². The van der Waals surface area contributed by atoms with E-state index < -0.39 is 10.0 Å². The number of aryl methyl sites for hydroxylation is 2. The van der Waals surface area contributed by atoms with Crippen molar-refractivity contribution in [2.24, 2.45) is 0 Å². The number of nitrogens with zero attached hydrogens (tertiary/aromatic N) is 2. The number of hydrogen-bond acceptors (Lipinski definition) is 4. The highest BCUT2D eigenvalue weighted by Crippen LogP contribution is 2.36. The van der Waals surface area contributed by atoms with Crippen LogP contribution >= 0.6 is 0 Å². The van der Waals surface area contributed by atoms with Crippen LogP contribution in [0, 0.1) is 13.8 Å². The predicted octanol–water partition coefficient (Wildman–Crippen LogP) is 2.82. The molecular weight excluding hydrogens is 288 g/mol. The maximum atomic E-state index is 12.9. The lowest BCUT2D eigenvalue weighted by Gasteiger charge is -2.23. The van der Waals surface area contributed by atoms with Crippen molar-refractivity contribution in [2.75, 3.05) is 6.54 Å². The van der Waals surface area contributed by atoms with E-state index in [0.29, 0.717) is 22.9 Å². The van der Waals surface area contributed by atoms with Gasteiger partial charge < -0.3 is 4.52 Å². The van der Waals surface area contributed by atoms with Crippen LogP contribution in [0.15, 0.2) is 39.8 Å². The third-order valence-electron chi connectivity index (χ3n) is 3.87. The summed E-state index contributed by atoms with van der Waals surface area (Å²) in [5, 5.41) is 4.00. The van der Waals surface area contributed by atoms with Gasteiger partial charge in [0.1, 0.15) is 11.5 Å². The number of hydrogen-bond donors (Lipinski definition) is 0. The van der Waals surface area contributed by atoms with Crippen LogP contribution in [-0.4, -0.2) is 24.4 Å². The third-order valence-corrected chi connectivity index (χ3v) is 5.94. The van der Waals surface area contributed by atoms with Crippen LogP contribution in [0.5, 0.6) is 0 Å². The smallest absolute Gasteiger partial charge is 0.243 e. The molecule has 1 aliphatic heterocycles. The molecule has 1 aromatic heterocycles. The van der Waals surface area contributed by atoms with Crippen molar-refractivity contribution in [3.8, 4) is 0 Å². The van der Waals surface area contributed by atoms with Gasteiger partial charge in [0, 0.05) is 12.6 Å². The van der Waals surface area contributed by atoms with Crippen molar-refractivity contribution in [2.45, 2.75) is 37.6 Å². The number of rotatable bonds is 3. The highest BCUT2D eigenvalue weighted by molar-refractivity contribution is 7.89. The normalized spacial score (nSPS) is 20.0. The molecule has 5 nitrogen and oxygen atoms in total. The Morgan fingerprint density at radius 1 is 1.29 bits per heavy atom. The Bertz CT molecular complexity index is 752. The largest absolute Gasteiger partial charge is 0.361 e. The summed E-state index contributed by atoms with van der Waals surface area (Å²) in [5.41, 5.74) is 1.46.